The van der Waals surface area contributed by atoms with Crippen molar-refractivity contribution >= 4 is 31.4 Å². The van der Waals surface area contributed by atoms with E-state index in [-0.39, 0.29) is 0 Å². The summed E-state index contributed by atoms with van der Waals surface area (Å²) in [6.07, 6.45) is 2.87. The van der Waals surface area contributed by atoms with Crippen molar-refractivity contribution in [2.45, 2.75) is 15.5 Å². The molecule has 1 N–H and O–H groups in total. The molecule has 6 heteroatoms. The Bertz CT molecular complexity index is 877. The SMILES string of the molecule is CN(C)CCc1c[nH]c2sc(S(=O)(=O)c3ccccc3)cc12. The summed E-state index contributed by atoms with van der Waals surface area (Å²) in [7, 11) is 0.630. The predicted octanol–water partition coefficient (Wildman–Crippen LogP) is 3.17. The molecule has 0 unspecified atom stereocenters. The highest BCUT2D eigenvalue weighted by molar-refractivity contribution is 7.93. The van der Waals surface area contributed by atoms with E-state index in [0.717, 1.165) is 28.7 Å². The summed E-state index contributed by atoms with van der Waals surface area (Å²) < 4.78 is 25.7. The van der Waals surface area contributed by atoms with Gasteiger partial charge in [-0.15, -0.1) is 11.3 Å². The fourth-order valence-corrected chi connectivity index (χ4v) is 5.14. The van der Waals surface area contributed by atoms with Crippen LogP contribution in [0, 0.1) is 0 Å². The Kier molecular flexibility index (Phi) is 4.08. The fourth-order valence-electron chi connectivity index (χ4n) is 2.34. The highest BCUT2D eigenvalue weighted by atomic mass is 32.2. The lowest BCUT2D eigenvalue weighted by Crippen LogP contribution is -2.14. The molecule has 1 aromatic carbocycles. The van der Waals surface area contributed by atoms with E-state index >= 15 is 0 Å². The van der Waals surface area contributed by atoms with Gasteiger partial charge in [-0.1, -0.05) is 18.2 Å². The number of nitrogens with one attached hydrogen (secondary N) is 1. The maximum atomic E-state index is 12.7. The van der Waals surface area contributed by atoms with Crippen molar-refractivity contribution in [1.29, 1.82) is 0 Å². The van der Waals surface area contributed by atoms with Crippen LogP contribution in [0.3, 0.4) is 0 Å². The van der Waals surface area contributed by atoms with Crippen LogP contribution in [0.5, 0.6) is 0 Å². The van der Waals surface area contributed by atoms with Gasteiger partial charge in [-0.05, 0) is 44.3 Å². The average molecular weight is 334 g/mol. The van der Waals surface area contributed by atoms with E-state index in [1.54, 1.807) is 30.3 Å². The Balaban J connectivity index is 1.99. The van der Waals surface area contributed by atoms with Gasteiger partial charge in [0.1, 0.15) is 9.04 Å². The molecule has 0 fully saturated rings. The first-order valence-corrected chi connectivity index (χ1v) is 9.33. The molecule has 0 amide bonds. The first-order chi connectivity index (χ1) is 10.5. The van der Waals surface area contributed by atoms with Crippen LogP contribution >= 0.6 is 11.3 Å². The van der Waals surface area contributed by atoms with Gasteiger partial charge >= 0.3 is 0 Å². The second-order valence-electron chi connectivity index (χ2n) is 5.49. The molecule has 2 heterocycles. The second-order valence-corrected chi connectivity index (χ2v) is 8.72. The van der Waals surface area contributed by atoms with Crippen molar-refractivity contribution in [3.05, 3.63) is 48.2 Å². The maximum Gasteiger partial charge on any atom is 0.216 e. The molecule has 0 saturated carbocycles. The van der Waals surface area contributed by atoms with Gasteiger partial charge < -0.3 is 9.88 Å². The molecule has 0 bridgehead atoms. The van der Waals surface area contributed by atoms with Crippen molar-refractivity contribution in [3.63, 3.8) is 0 Å². The van der Waals surface area contributed by atoms with Crippen LogP contribution < -0.4 is 0 Å². The molecule has 0 aliphatic heterocycles. The van der Waals surface area contributed by atoms with E-state index in [1.165, 1.54) is 11.3 Å². The van der Waals surface area contributed by atoms with Gasteiger partial charge in [-0.2, -0.15) is 0 Å². The molecule has 0 spiro atoms. The van der Waals surface area contributed by atoms with Gasteiger partial charge in [-0.25, -0.2) is 8.42 Å². The number of nitrogens with zero attached hydrogens (tertiary/aromatic N) is 1. The van der Waals surface area contributed by atoms with E-state index in [0.29, 0.717) is 9.10 Å². The molecule has 0 atom stereocenters. The minimum absolute atomic E-state index is 0.341. The first-order valence-electron chi connectivity index (χ1n) is 7.03. The summed E-state index contributed by atoms with van der Waals surface area (Å²) in [5.74, 6) is 0. The van der Waals surface area contributed by atoms with Gasteiger partial charge in [0.2, 0.25) is 9.84 Å². The third kappa shape index (κ3) is 2.82. The lowest BCUT2D eigenvalue weighted by atomic mass is 10.2. The van der Waals surface area contributed by atoms with E-state index in [2.05, 4.69) is 9.88 Å². The van der Waals surface area contributed by atoms with Crippen LogP contribution in [0.4, 0.5) is 0 Å². The number of thiophene rings is 1. The summed E-state index contributed by atoms with van der Waals surface area (Å²) >= 11 is 1.30. The van der Waals surface area contributed by atoms with Crippen LogP contribution in [0.2, 0.25) is 0 Å². The third-order valence-corrected chi connectivity index (χ3v) is 6.89. The number of hydrogen-bond donors (Lipinski definition) is 1. The number of likely N-dealkylation sites (N-methyl/N-ethyl adjacent to an activating group) is 1. The van der Waals surface area contributed by atoms with Crippen molar-refractivity contribution in [2.24, 2.45) is 0 Å². The summed E-state index contributed by atoms with van der Waals surface area (Å²) in [6, 6.07) is 10.4. The van der Waals surface area contributed by atoms with Gasteiger partial charge in [0.05, 0.1) is 4.90 Å². The Labute approximate surface area is 134 Å². The van der Waals surface area contributed by atoms with Crippen molar-refractivity contribution in [1.82, 2.24) is 9.88 Å². The van der Waals surface area contributed by atoms with Gasteiger partial charge in [0.15, 0.2) is 0 Å². The highest BCUT2D eigenvalue weighted by Gasteiger charge is 2.21. The summed E-state index contributed by atoms with van der Waals surface area (Å²) in [4.78, 5) is 6.57. The van der Waals surface area contributed by atoms with Crippen molar-refractivity contribution in [3.8, 4) is 0 Å². The Morgan fingerprint density at radius 2 is 1.91 bits per heavy atom. The average Bonchev–Trinajstić information content (AvgIpc) is 3.07. The molecule has 2 aromatic heterocycles. The minimum Gasteiger partial charge on any atom is -0.353 e. The van der Waals surface area contributed by atoms with Crippen LogP contribution in [-0.2, 0) is 16.3 Å². The normalized spacial score (nSPS) is 12.3. The van der Waals surface area contributed by atoms with E-state index in [1.807, 2.05) is 26.4 Å². The summed E-state index contributed by atoms with van der Waals surface area (Å²) in [5, 5.41) is 1.02. The largest absolute Gasteiger partial charge is 0.353 e. The Morgan fingerprint density at radius 1 is 1.18 bits per heavy atom. The van der Waals surface area contributed by atoms with Crippen LogP contribution in [-0.4, -0.2) is 38.9 Å². The topological polar surface area (TPSA) is 53.2 Å². The number of benzene rings is 1. The molecule has 3 rings (SSSR count). The Hall–Kier alpha value is -1.63. The number of aromatic amines is 1. The van der Waals surface area contributed by atoms with Gasteiger partial charge in [0, 0.05) is 18.1 Å². The second kappa shape index (κ2) is 5.87. The van der Waals surface area contributed by atoms with Crippen molar-refractivity contribution in [2.75, 3.05) is 20.6 Å². The number of fused-ring (bicyclic) bond motifs is 1. The standard InChI is InChI=1S/C16H18N2O2S2/c1-18(2)9-8-12-11-17-16-14(12)10-15(21-16)22(19,20)13-6-4-3-5-7-13/h3-7,10-11,17H,8-9H2,1-2H3. The smallest absolute Gasteiger partial charge is 0.216 e. The molecular formula is C16H18N2O2S2. The van der Waals surface area contributed by atoms with Crippen LogP contribution in [0.15, 0.2) is 51.7 Å². The molecule has 116 valence electrons. The van der Waals surface area contributed by atoms with Crippen LogP contribution in [0.1, 0.15) is 5.56 Å². The van der Waals surface area contributed by atoms with Crippen molar-refractivity contribution < 1.29 is 8.42 Å². The lowest BCUT2D eigenvalue weighted by molar-refractivity contribution is 0.414. The number of H-pyrrole nitrogens is 1. The zero-order valence-corrected chi connectivity index (χ0v) is 14.2. The van der Waals surface area contributed by atoms with Gasteiger partial charge in [0.25, 0.3) is 0 Å². The lowest BCUT2D eigenvalue weighted by Gasteiger charge is -2.07. The minimum atomic E-state index is -3.43. The summed E-state index contributed by atoms with van der Waals surface area (Å²) in [5.41, 5.74) is 1.16. The fraction of sp³-hybridized carbons (Fsp3) is 0.250. The number of sulfone groups is 1. The molecular weight excluding hydrogens is 316 g/mol. The zero-order valence-electron chi connectivity index (χ0n) is 12.5. The number of rotatable bonds is 5. The molecule has 0 aliphatic carbocycles. The number of aromatic nitrogens is 1. The third-order valence-electron chi connectivity index (χ3n) is 3.58. The van der Waals surface area contributed by atoms with E-state index in [9.17, 15) is 8.42 Å². The Morgan fingerprint density at radius 3 is 2.59 bits per heavy atom. The monoisotopic (exact) mass is 334 g/mol. The quantitative estimate of drug-likeness (QED) is 0.780. The maximum absolute atomic E-state index is 12.7. The molecule has 0 saturated heterocycles. The first kappa shape index (κ1) is 15.3. The van der Waals surface area contributed by atoms with Gasteiger partial charge in [-0.3, -0.25) is 0 Å². The summed E-state index contributed by atoms with van der Waals surface area (Å²) in [6.45, 7) is 0.934. The molecule has 0 radical (unpaired) electrons. The van der Waals surface area contributed by atoms with Crippen LogP contribution in [0.25, 0.3) is 10.2 Å². The predicted molar refractivity (Wildman–Crippen MR) is 90.3 cm³/mol. The molecule has 22 heavy (non-hydrogen) atoms. The molecule has 3 aromatic rings. The van der Waals surface area contributed by atoms with E-state index < -0.39 is 9.84 Å². The highest BCUT2D eigenvalue weighted by Crippen LogP contribution is 2.34. The number of hydrogen-bond acceptors (Lipinski definition) is 4. The molecule has 0 aliphatic rings. The zero-order chi connectivity index (χ0) is 15.7. The molecule has 4 nitrogen and oxygen atoms in total. The van der Waals surface area contributed by atoms with E-state index in [4.69, 9.17) is 0 Å².